The molecule has 19 heavy (non-hydrogen) atoms. The molecule has 0 bridgehead atoms. The molecule has 0 aromatic carbocycles. The summed E-state index contributed by atoms with van der Waals surface area (Å²) in [5.74, 6) is 0.134. The highest BCUT2D eigenvalue weighted by Crippen LogP contribution is 2.24. The number of hydroxylamine groups is 1. The molecule has 0 radical (unpaired) electrons. The van der Waals surface area contributed by atoms with Crippen molar-refractivity contribution in [2.45, 2.75) is 44.8 Å². The van der Waals surface area contributed by atoms with E-state index in [4.69, 9.17) is 4.84 Å². The van der Waals surface area contributed by atoms with Gasteiger partial charge in [-0.3, -0.25) is 9.63 Å². The number of nitrogens with one attached hydrogen (secondary N) is 1. The molecule has 2 aliphatic rings. The van der Waals surface area contributed by atoms with Crippen LogP contribution in [0.25, 0.3) is 0 Å². The standard InChI is InChI=1S/C14H20N2O2S/c17-14(9-15-18-12-3-1-2-4-12)16-7-5-13-11(10-16)6-8-19-13/h6,8,12,15H,1-5,7,9-10H2. The average molecular weight is 280 g/mol. The van der Waals surface area contributed by atoms with Crippen LogP contribution in [0.1, 0.15) is 36.1 Å². The molecule has 1 fully saturated rings. The highest BCUT2D eigenvalue weighted by molar-refractivity contribution is 7.10. The Morgan fingerprint density at radius 1 is 1.47 bits per heavy atom. The van der Waals surface area contributed by atoms with E-state index in [1.807, 2.05) is 4.90 Å². The molecular weight excluding hydrogens is 260 g/mol. The van der Waals surface area contributed by atoms with E-state index in [-0.39, 0.29) is 12.5 Å². The maximum atomic E-state index is 12.1. The fourth-order valence-corrected chi connectivity index (χ4v) is 3.69. The number of hydrogen-bond acceptors (Lipinski definition) is 4. The van der Waals surface area contributed by atoms with Crippen LogP contribution in [-0.2, 0) is 22.6 Å². The molecule has 1 aliphatic heterocycles. The predicted octanol–water partition coefficient (Wildman–Crippen LogP) is 2.10. The van der Waals surface area contributed by atoms with Crippen LogP contribution in [0, 0.1) is 0 Å². The Bertz CT molecular complexity index is 440. The van der Waals surface area contributed by atoms with Gasteiger partial charge >= 0.3 is 0 Å². The molecule has 4 nitrogen and oxygen atoms in total. The molecule has 0 saturated heterocycles. The molecule has 0 unspecified atom stereocenters. The van der Waals surface area contributed by atoms with Gasteiger partial charge in [0.15, 0.2) is 0 Å². The third-order valence-electron chi connectivity index (χ3n) is 3.94. The number of amides is 1. The monoisotopic (exact) mass is 280 g/mol. The molecule has 1 N–H and O–H groups in total. The van der Waals surface area contributed by atoms with Crippen LogP contribution in [0.2, 0.25) is 0 Å². The quantitative estimate of drug-likeness (QED) is 0.859. The Morgan fingerprint density at radius 3 is 3.16 bits per heavy atom. The number of thiophene rings is 1. The first kappa shape index (κ1) is 13.1. The molecule has 2 heterocycles. The minimum absolute atomic E-state index is 0.134. The van der Waals surface area contributed by atoms with Crippen molar-refractivity contribution in [1.82, 2.24) is 10.4 Å². The van der Waals surface area contributed by atoms with E-state index in [0.29, 0.717) is 6.10 Å². The van der Waals surface area contributed by atoms with Crippen LogP contribution in [0.15, 0.2) is 11.4 Å². The van der Waals surface area contributed by atoms with Crippen molar-refractivity contribution >= 4 is 17.2 Å². The predicted molar refractivity (Wildman–Crippen MR) is 74.8 cm³/mol. The Balaban J connectivity index is 1.43. The second-order valence-corrected chi connectivity index (χ2v) is 6.28. The van der Waals surface area contributed by atoms with Gasteiger partial charge in [0.25, 0.3) is 0 Å². The summed E-state index contributed by atoms with van der Waals surface area (Å²) in [6.07, 6.45) is 6.01. The van der Waals surface area contributed by atoms with Crippen LogP contribution in [0.5, 0.6) is 0 Å². The molecule has 1 aromatic rings. The minimum atomic E-state index is 0.134. The van der Waals surface area contributed by atoms with Gasteiger partial charge in [-0.05, 0) is 36.3 Å². The lowest BCUT2D eigenvalue weighted by Gasteiger charge is -2.27. The first-order valence-electron chi connectivity index (χ1n) is 7.04. The van der Waals surface area contributed by atoms with Crippen molar-refractivity contribution < 1.29 is 9.63 Å². The zero-order valence-electron chi connectivity index (χ0n) is 11.1. The lowest BCUT2D eigenvalue weighted by atomic mass is 10.1. The van der Waals surface area contributed by atoms with Gasteiger partial charge in [-0.15, -0.1) is 11.3 Å². The van der Waals surface area contributed by atoms with Crippen LogP contribution in [0.3, 0.4) is 0 Å². The minimum Gasteiger partial charge on any atom is -0.337 e. The van der Waals surface area contributed by atoms with Crippen LogP contribution in [0.4, 0.5) is 0 Å². The van der Waals surface area contributed by atoms with Gasteiger partial charge < -0.3 is 4.90 Å². The molecule has 1 aromatic heterocycles. The maximum Gasteiger partial charge on any atom is 0.239 e. The van der Waals surface area contributed by atoms with E-state index in [0.717, 1.165) is 32.4 Å². The summed E-state index contributed by atoms with van der Waals surface area (Å²) in [7, 11) is 0. The van der Waals surface area contributed by atoms with E-state index in [2.05, 4.69) is 16.9 Å². The molecule has 0 atom stereocenters. The largest absolute Gasteiger partial charge is 0.337 e. The average Bonchev–Trinajstić information content (AvgIpc) is 3.08. The smallest absolute Gasteiger partial charge is 0.239 e. The van der Waals surface area contributed by atoms with Crippen molar-refractivity contribution in [3.63, 3.8) is 0 Å². The molecular formula is C14H20N2O2S. The van der Waals surface area contributed by atoms with Crippen molar-refractivity contribution in [3.8, 4) is 0 Å². The normalized spacial score (nSPS) is 19.7. The van der Waals surface area contributed by atoms with E-state index >= 15 is 0 Å². The SMILES string of the molecule is O=C(CNOC1CCCC1)N1CCc2sccc2C1. The number of carbonyl (C=O) groups is 1. The fraction of sp³-hybridized carbons (Fsp3) is 0.643. The Hall–Kier alpha value is -0.910. The Morgan fingerprint density at radius 2 is 2.32 bits per heavy atom. The highest BCUT2D eigenvalue weighted by atomic mass is 32.1. The van der Waals surface area contributed by atoms with Gasteiger partial charge in [0.2, 0.25) is 5.91 Å². The van der Waals surface area contributed by atoms with Crippen molar-refractivity contribution in [3.05, 3.63) is 21.9 Å². The third-order valence-corrected chi connectivity index (χ3v) is 4.96. The molecule has 0 spiro atoms. The third kappa shape index (κ3) is 3.16. The number of nitrogens with zero attached hydrogens (tertiary/aromatic N) is 1. The van der Waals surface area contributed by atoms with Crippen molar-refractivity contribution in [1.29, 1.82) is 0 Å². The van der Waals surface area contributed by atoms with Crippen molar-refractivity contribution in [2.75, 3.05) is 13.1 Å². The van der Waals surface area contributed by atoms with E-state index < -0.39 is 0 Å². The molecule has 1 saturated carbocycles. The van der Waals surface area contributed by atoms with Gasteiger partial charge in [-0.1, -0.05) is 12.8 Å². The van der Waals surface area contributed by atoms with Crippen LogP contribution in [-0.4, -0.2) is 30.0 Å². The summed E-state index contributed by atoms with van der Waals surface area (Å²) in [5, 5.41) is 2.11. The van der Waals surface area contributed by atoms with Crippen LogP contribution >= 0.6 is 11.3 Å². The summed E-state index contributed by atoms with van der Waals surface area (Å²) < 4.78 is 0. The number of carbonyl (C=O) groups excluding carboxylic acids is 1. The Kier molecular flexibility index (Phi) is 4.15. The first-order valence-corrected chi connectivity index (χ1v) is 7.92. The van der Waals surface area contributed by atoms with Gasteiger partial charge in [0, 0.05) is 18.0 Å². The first-order chi connectivity index (χ1) is 9.33. The fourth-order valence-electron chi connectivity index (χ4n) is 2.80. The molecule has 1 amide bonds. The molecule has 104 valence electrons. The zero-order chi connectivity index (χ0) is 13.1. The van der Waals surface area contributed by atoms with Gasteiger partial charge in [-0.2, -0.15) is 5.48 Å². The van der Waals surface area contributed by atoms with Gasteiger partial charge in [-0.25, -0.2) is 0 Å². The second kappa shape index (κ2) is 6.03. The Labute approximate surface area is 117 Å². The molecule has 5 heteroatoms. The van der Waals surface area contributed by atoms with Gasteiger partial charge in [0.1, 0.15) is 6.54 Å². The lowest BCUT2D eigenvalue weighted by Crippen LogP contribution is -2.41. The summed E-state index contributed by atoms with van der Waals surface area (Å²) in [6, 6.07) is 2.13. The van der Waals surface area contributed by atoms with E-state index in [1.54, 1.807) is 11.3 Å². The number of fused-ring (bicyclic) bond motifs is 1. The van der Waals surface area contributed by atoms with Gasteiger partial charge in [0.05, 0.1) is 6.10 Å². The van der Waals surface area contributed by atoms with Crippen molar-refractivity contribution in [2.24, 2.45) is 0 Å². The van der Waals surface area contributed by atoms with Crippen LogP contribution < -0.4 is 5.48 Å². The summed E-state index contributed by atoms with van der Waals surface area (Å²) >= 11 is 1.80. The lowest BCUT2D eigenvalue weighted by molar-refractivity contribution is -0.135. The summed E-state index contributed by atoms with van der Waals surface area (Å²) in [5.41, 5.74) is 4.16. The summed E-state index contributed by atoms with van der Waals surface area (Å²) in [6.45, 7) is 1.87. The number of rotatable bonds is 4. The maximum absolute atomic E-state index is 12.1. The topological polar surface area (TPSA) is 41.6 Å². The van der Waals surface area contributed by atoms with E-state index in [1.165, 1.54) is 23.3 Å². The highest BCUT2D eigenvalue weighted by Gasteiger charge is 2.22. The number of hydrogen-bond donors (Lipinski definition) is 1. The molecule has 1 aliphatic carbocycles. The second-order valence-electron chi connectivity index (χ2n) is 5.28. The zero-order valence-corrected chi connectivity index (χ0v) is 11.9. The van der Waals surface area contributed by atoms with E-state index in [9.17, 15) is 4.79 Å². The summed E-state index contributed by atoms with van der Waals surface area (Å²) in [4.78, 5) is 21.0. The molecule has 3 rings (SSSR count).